The first-order valence-corrected chi connectivity index (χ1v) is 10.8. The van der Waals surface area contributed by atoms with Gasteiger partial charge in [0.05, 0.1) is 11.4 Å². The molecule has 4 heterocycles. The second-order valence-corrected chi connectivity index (χ2v) is 8.54. The van der Waals surface area contributed by atoms with Crippen LogP contribution in [0.1, 0.15) is 50.9 Å². The lowest BCUT2D eigenvalue weighted by molar-refractivity contribution is 0.185. The Morgan fingerprint density at radius 1 is 1.16 bits per heavy atom. The van der Waals surface area contributed by atoms with Crippen molar-refractivity contribution in [3.05, 3.63) is 39.1 Å². The zero-order valence-electron chi connectivity index (χ0n) is 14.5. The number of fused-ring (bicyclic) bond motifs is 1. The van der Waals surface area contributed by atoms with Gasteiger partial charge in [-0.05, 0) is 44.3 Å². The SMILES string of the molecule is C[C@H](c1nc2scc(-c3cccs3)c2c(=O)[nH]1)N1CCCCCCC1. The minimum absolute atomic E-state index is 0.0106. The fourth-order valence-corrected chi connectivity index (χ4v) is 5.38. The largest absolute Gasteiger partial charge is 0.309 e. The van der Waals surface area contributed by atoms with E-state index in [1.54, 1.807) is 22.7 Å². The number of thiophene rings is 2. The van der Waals surface area contributed by atoms with Crippen molar-refractivity contribution in [2.45, 2.75) is 45.1 Å². The van der Waals surface area contributed by atoms with Gasteiger partial charge in [-0.2, -0.15) is 0 Å². The topological polar surface area (TPSA) is 49.0 Å². The van der Waals surface area contributed by atoms with E-state index < -0.39 is 0 Å². The van der Waals surface area contributed by atoms with Crippen LogP contribution in [0, 0.1) is 0 Å². The van der Waals surface area contributed by atoms with E-state index in [-0.39, 0.29) is 11.6 Å². The molecule has 0 aromatic carbocycles. The minimum atomic E-state index is -0.0106. The van der Waals surface area contributed by atoms with Crippen molar-refractivity contribution in [3.63, 3.8) is 0 Å². The first kappa shape index (κ1) is 16.9. The van der Waals surface area contributed by atoms with Crippen molar-refractivity contribution in [3.8, 4) is 10.4 Å². The summed E-state index contributed by atoms with van der Waals surface area (Å²) < 4.78 is 0. The van der Waals surface area contributed by atoms with Crippen LogP contribution in [0.4, 0.5) is 0 Å². The Morgan fingerprint density at radius 2 is 1.92 bits per heavy atom. The molecule has 1 aliphatic heterocycles. The molecule has 4 rings (SSSR count). The molecular weight excluding hydrogens is 350 g/mol. The van der Waals surface area contributed by atoms with Gasteiger partial charge in [-0.1, -0.05) is 25.3 Å². The van der Waals surface area contributed by atoms with Gasteiger partial charge < -0.3 is 4.98 Å². The zero-order valence-corrected chi connectivity index (χ0v) is 16.1. The molecule has 1 fully saturated rings. The number of hydrogen-bond donors (Lipinski definition) is 1. The van der Waals surface area contributed by atoms with Gasteiger partial charge in [-0.25, -0.2) is 4.98 Å². The van der Waals surface area contributed by atoms with Gasteiger partial charge >= 0.3 is 0 Å². The molecule has 0 spiro atoms. The van der Waals surface area contributed by atoms with Crippen molar-refractivity contribution in [1.29, 1.82) is 0 Å². The number of likely N-dealkylation sites (tertiary alicyclic amines) is 1. The third-order valence-electron chi connectivity index (χ3n) is 5.08. The molecule has 25 heavy (non-hydrogen) atoms. The summed E-state index contributed by atoms with van der Waals surface area (Å²) >= 11 is 3.23. The fraction of sp³-hybridized carbons (Fsp3) is 0.474. The van der Waals surface area contributed by atoms with Crippen molar-refractivity contribution in [2.75, 3.05) is 13.1 Å². The molecule has 0 aliphatic carbocycles. The van der Waals surface area contributed by atoms with E-state index in [9.17, 15) is 4.79 Å². The molecule has 0 amide bonds. The second kappa shape index (κ2) is 7.40. The molecule has 1 aliphatic rings. The van der Waals surface area contributed by atoms with E-state index in [0.717, 1.165) is 39.6 Å². The predicted molar refractivity (Wildman–Crippen MR) is 107 cm³/mol. The van der Waals surface area contributed by atoms with Gasteiger partial charge in [0.25, 0.3) is 5.56 Å². The van der Waals surface area contributed by atoms with Crippen LogP contribution >= 0.6 is 22.7 Å². The summed E-state index contributed by atoms with van der Waals surface area (Å²) in [6, 6.07) is 4.23. The van der Waals surface area contributed by atoms with Crippen LogP contribution in [0.25, 0.3) is 20.7 Å². The van der Waals surface area contributed by atoms with Crippen molar-refractivity contribution in [2.24, 2.45) is 0 Å². The Bertz CT molecular complexity index is 889. The number of aromatic nitrogens is 2. The highest BCUT2D eigenvalue weighted by molar-refractivity contribution is 7.18. The van der Waals surface area contributed by atoms with Gasteiger partial charge in [0, 0.05) is 15.8 Å². The number of hydrogen-bond acceptors (Lipinski definition) is 5. The van der Waals surface area contributed by atoms with Crippen LogP contribution < -0.4 is 5.56 Å². The Balaban J connectivity index is 1.68. The van der Waals surface area contributed by atoms with Gasteiger partial charge in [-0.15, -0.1) is 22.7 Å². The molecule has 4 nitrogen and oxygen atoms in total. The molecule has 1 atom stereocenters. The number of aromatic amines is 1. The maximum atomic E-state index is 12.8. The first-order chi connectivity index (χ1) is 12.2. The highest BCUT2D eigenvalue weighted by Gasteiger charge is 2.21. The van der Waals surface area contributed by atoms with Crippen LogP contribution in [-0.2, 0) is 0 Å². The average molecular weight is 374 g/mol. The maximum Gasteiger partial charge on any atom is 0.260 e. The predicted octanol–water partition coefficient (Wildman–Crippen LogP) is 5.04. The van der Waals surface area contributed by atoms with Gasteiger partial charge in [0.1, 0.15) is 10.7 Å². The molecule has 6 heteroatoms. The third kappa shape index (κ3) is 3.43. The second-order valence-electron chi connectivity index (χ2n) is 6.74. The van der Waals surface area contributed by atoms with Crippen LogP contribution in [0.2, 0.25) is 0 Å². The summed E-state index contributed by atoms with van der Waals surface area (Å²) in [6.45, 7) is 4.35. The molecule has 3 aromatic rings. The van der Waals surface area contributed by atoms with Crippen LogP contribution in [0.5, 0.6) is 0 Å². The van der Waals surface area contributed by atoms with Crippen molar-refractivity contribution >= 4 is 32.9 Å². The van der Waals surface area contributed by atoms with E-state index in [0.29, 0.717) is 0 Å². The zero-order chi connectivity index (χ0) is 17.2. The van der Waals surface area contributed by atoms with E-state index >= 15 is 0 Å². The lowest BCUT2D eigenvalue weighted by Crippen LogP contribution is -2.32. The molecule has 1 saturated heterocycles. The van der Waals surface area contributed by atoms with E-state index in [1.807, 2.05) is 11.4 Å². The molecule has 132 valence electrons. The molecule has 3 aromatic heterocycles. The van der Waals surface area contributed by atoms with Crippen molar-refractivity contribution < 1.29 is 0 Å². The van der Waals surface area contributed by atoms with Crippen LogP contribution in [-0.4, -0.2) is 28.0 Å². The van der Waals surface area contributed by atoms with E-state index in [1.165, 1.54) is 32.1 Å². The van der Waals surface area contributed by atoms with Gasteiger partial charge in [-0.3, -0.25) is 9.69 Å². The molecule has 0 saturated carbocycles. The van der Waals surface area contributed by atoms with Crippen LogP contribution in [0.3, 0.4) is 0 Å². The quantitative estimate of drug-likeness (QED) is 0.700. The summed E-state index contributed by atoms with van der Waals surface area (Å²) in [7, 11) is 0. The summed E-state index contributed by atoms with van der Waals surface area (Å²) in [4.78, 5) is 25.1. The minimum Gasteiger partial charge on any atom is -0.309 e. The third-order valence-corrected chi connectivity index (χ3v) is 6.86. The Hall–Kier alpha value is -1.50. The van der Waals surface area contributed by atoms with Crippen molar-refractivity contribution in [1.82, 2.24) is 14.9 Å². The molecule has 0 radical (unpaired) electrons. The Kier molecular flexibility index (Phi) is 5.01. The molecule has 1 N–H and O–H groups in total. The highest BCUT2D eigenvalue weighted by atomic mass is 32.1. The number of rotatable bonds is 3. The summed E-state index contributed by atoms with van der Waals surface area (Å²) in [5.41, 5.74) is 0.998. The molecular formula is C19H23N3OS2. The smallest absolute Gasteiger partial charge is 0.260 e. The van der Waals surface area contributed by atoms with E-state index in [4.69, 9.17) is 4.98 Å². The van der Waals surface area contributed by atoms with Crippen LogP contribution in [0.15, 0.2) is 27.7 Å². The summed E-state index contributed by atoms with van der Waals surface area (Å²) in [6.07, 6.45) is 6.43. The molecule has 0 unspecified atom stereocenters. The van der Waals surface area contributed by atoms with Gasteiger partial charge in [0.2, 0.25) is 0 Å². The number of nitrogens with one attached hydrogen (secondary N) is 1. The highest BCUT2D eigenvalue weighted by Crippen LogP contribution is 2.34. The fourth-order valence-electron chi connectivity index (χ4n) is 3.61. The number of nitrogens with zero attached hydrogens (tertiary/aromatic N) is 2. The monoisotopic (exact) mass is 373 g/mol. The number of H-pyrrole nitrogens is 1. The molecule has 0 bridgehead atoms. The summed E-state index contributed by atoms with van der Waals surface area (Å²) in [5, 5.41) is 4.83. The lowest BCUT2D eigenvalue weighted by atomic mass is 10.1. The lowest BCUT2D eigenvalue weighted by Gasteiger charge is -2.29. The maximum absolute atomic E-state index is 12.8. The Labute approximate surface area is 155 Å². The first-order valence-electron chi connectivity index (χ1n) is 9.03. The van der Waals surface area contributed by atoms with Gasteiger partial charge in [0.15, 0.2) is 0 Å². The Morgan fingerprint density at radius 3 is 2.64 bits per heavy atom. The summed E-state index contributed by atoms with van der Waals surface area (Å²) in [5.74, 6) is 0.803. The standard InChI is InChI=1S/C19H23N3OS2/c1-13(22-9-5-3-2-4-6-10-22)17-20-18(23)16-14(12-25-19(16)21-17)15-8-7-11-24-15/h7-8,11-13H,2-6,9-10H2,1H3,(H,20,21,23)/t13-/m1/s1. The normalized spacial score (nSPS) is 18.1. The average Bonchev–Trinajstić information content (AvgIpc) is 3.23. The van der Waals surface area contributed by atoms with E-state index in [2.05, 4.69) is 28.3 Å².